The van der Waals surface area contributed by atoms with Crippen LogP contribution in [-0.4, -0.2) is 28.1 Å². The summed E-state index contributed by atoms with van der Waals surface area (Å²) in [6.45, 7) is 3.14. The molecule has 2 aromatic heterocycles. The first-order valence-corrected chi connectivity index (χ1v) is 9.13. The van der Waals surface area contributed by atoms with E-state index < -0.39 is 0 Å². The highest BCUT2D eigenvalue weighted by molar-refractivity contribution is 14.1. The minimum Gasteiger partial charge on any atom is -0.497 e. The van der Waals surface area contributed by atoms with Gasteiger partial charge in [-0.2, -0.15) is 0 Å². The minimum atomic E-state index is 0.223. The second-order valence-corrected chi connectivity index (χ2v) is 6.81. The van der Waals surface area contributed by atoms with Crippen LogP contribution < -0.4 is 19.9 Å². The van der Waals surface area contributed by atoms with E-state index >= 15 is 0 Å². The lowest BCUT2D eigenvalue weighted by atomic mass is 10.3. The van der Waals surface area contributed by atoms with Crippen molar-refractivity contribution in [1.29, 1.82) is 0 Å². The molecule has 0 aliphatic carbocycles. The first-order chi connectivity index (χ1) is 12.5. The van der Waals surface area contributed by atoms with Gasteiger partial charge in [-0.25, -0.2) is 19.1 Å². The second kappa shape index (κ2) is 7.44. The van der Waals surface area contributed by atoms with E-state index in [0.717, 1.165) is 35.6 Å². The Morgan fingerprint density at radius 2 is 2.23 bits per heavy atom. The van der Waals surface area contributed by atoms with Crippen molar-refractivity contribution in [3.05, 3.63) is 33.9 Å². The van der Waals surface area contributed by atoms with Gasteiger partial charge in [-0.1, -0.05) is 0 Å². The summed E-state index contributed by atoms with van der Waals surface area (Å²) in [6, 6.07) is 5.93. The normalized spacial score (nSPS) is 10.9. The van der Waals surface area contributed by atoms with Crippen molar-refractivity contribution in [2.24, 2.45) is 7.05 Å². The monoisotopic (exact) mass is 467 g/mol. The molecule has 136 valence electrons. The number of hydrogen-bond donors (Lipinski definition) is 1. The van der Waals surface area contributed by atoms with Crippen molar-refractivity contribution >= 4 is 51.7 Å². The molecule has 26 heavy (non-hydrogen) atoms. The van der Waals surface area contributed by atoms with E-state index in [0.29, 0.717) is 16.1 Å². The minimum absolute atomic E-state index is 0.223. The summed E-state index contributed by atoms with van der Waals surface area (Å²) >= 11 is 2.05. The number of rotatable bonds is 6. The molecule has 1 amide bonds. The molecule has 0 aliphatic rings. The van der Waals surface area contributed by atoms with Crippen molar-refractivity contribution in [2.45, 2.75) is 20.0 Å². The second-order valence-electron chi connectivity index (χ2n) is 5.71. The summed E-state index contributed by atoms with van der Waals surface area (Å²) in [6.07, 6.45) is 2.30. The lowest BCUT2D eigenvalue weighted by Crippen LogP contribution is -2.38. The van der Waals surface area contributed by atoms with Crippen LogP contribution in [-0.2, 0) is 24.9 Å². The van der Waals surface area contributed by atoms with Crippen LogP contribution in [0.1, 0.15) is 12.7 Å². The molecule has 0 bridgehead atoms. The van der Waals surface area contributed by atoms with Gasteiger partial charge in [0.15, 0.2) is 22.7 Å². The molecule has 0 radical (unpaired) electrons. The van der Waals surface area contributed by atoms with Crippen LogP contribution in [0.3, 0.4) is 0 Å². The quantitative estimate of drug-likeness (QED) is 0.338. The molecule has 2 N–H and O–H groups in total. The van der Waals surface area contributed by atoms with Gasteiger partial charge in [-0.15, -0.1) is 0 Å². The molecule has 3 rings (SSSR count). The summed E-state index contributed by atoms with van der Waals surface area (Å²) in [4.78, 5) is 21.7. The van der Waals surface area contributed by atoms with Gasteiger partial charge in [-0.05, 0) is 41.6 Å². The zero-order valence-corrected chi connectivity index (χ0v) is 17.0. The van der Waals surface area contributed by atoms with Crippen molar-refractivity contribution in [3.8, 4) is 5.75 Å². The number of hydrogen-bond acceptors (Lipinski definition) is 5. The zero-order valence-electron chi connectivity index (χ0n) is 14.8. The van der Waals surface area contributed by atoms with Crippen molar-refractivity contribution < 1.29 is 14.1 Å². The van der Waals surface area contributed by atoms with Gasteiger partial charge in [0.05, 0.1) is 26.9 Å². The van der Waals surface area contributed by atoms with Crippen molar-refractivity contribution in [1.82, 2.24) is 14.5 Å². The van der Waals surface area contributed by atoms with Gasteiger partial charge in [0.1, 0.15) is 16.0 Å². The van der Waals surface area contributed by atoms with Crippen LogP contribution in [0.5, 0.6) is 5.75 Å². The number of fused-ring (bicyclic) bond motifs is 1. The number of aromatic nitrogens is 4. The number of carbonyl (C=O) groups is 1. The smallest absolute Gasteiger partial charge is 0.277 e. The Morgan fingerprint density at radius 3 is 2.88 bits per heavy atom. The van der Waals surface area contributed by atoms with E-state index in [1.54, 1.807) is 13.3 Å². The van der Waals surface area contributed by atoms with Crippen LogP contribution in [0.2, 0.25) is 0 Å². The largest absolute Gasteiger partial charge is 0.497 e. The highest BCUT2D eigenvalue weighted by atomic mass is 127. The molecular formula is C17H20IN6O2+. The lowest BCUT2D eigenvalue weighted by Gasteiger charge is -2.16. The van der Waals surface area contributed by atoms with Crippen LogP contribution in [0.4, 0.5) is 11.6 Å². The number of benzene rings is 1. The number of imidazole rings is 1. The van der Waals surface area contributed by atoms with Crippen LogP contribution in [0.15, 0.2) is 24.4 Å². The van der Waals surface area contributed by atoms with E-state index in [4.69, 9.17) is 10.5 Å². The van der Waals surface area contributed by atoms with E-state index in [1.807, 2.05) is 47.8 Å². The van der Waals surface area contributed by atoms with Crippen LogP contribution in [0.25, 0.3) is 11.0 Å². The number of amides is 1. The molecule has 0 saturated heterocycles. The van der Waals surface area contributed by atoms with Gasteiger partial charge in [0.25, 0.3) is 5.82 Å². The maximum atomic E-state index is 11.8. The third kappa shape index (κ3) is 3.18. The van der Waals surface area contributed by atoms with Crippen molar-refractivity contribution in [3.63, 3.8) is 0 Å². The molecule has 9 heteroatoms. The fourth-order valence-electron chi connectivity index (χ4n) is 3.03. The maximum Gasteiger partial charge on any atom is 0.277 e. The van der Waals surface area contributed by atoms with Gasteiger partial charge in [-0.3, -0.25) is 9.69 Å². The first kappa shape index (κ1) is 18.4. The number of methoxy groups -OCH3 is 1. The fraction of sp³-hybridized carbons (Fsp3) is 0.294. The standard InChI is InChI=1S/C17H20IN6O2/c1-4-24-13-7-11(26-3)5-6-12(13)22(2)15(24)9-23(10-25)17-16(19)20-8-14(18)21-17/h5-8,10H,4,9H2,1-3H3,(H2,19,20)/q+1. The first-order valence-electron chi connectivity index (χ1n) is 8.05. The van der Waals surface area contributed by atoms with E-state index in [1.165, 1.54) is 4.90 Å². The predicted molar refractivity (Wildman–Crippen MR) is 107 cm³/mol. The summed E-state index contributed by atoms with van der Waals surface area (Å²) < 4.78 is 10.2. The number of nitrogen functional groups attached to an aromatic ring is 1. The fourth-order valence-corrected chi connectivity index (χ4v) is 3.39. The summed E-state index contributed by atoms with van der Waals surface area (Å²) in [5, 5.41) is 0. The van der Waals surface area contributed by atoms with Gasteiger partial charge < -0.3 is 10.5 Å². The van der Waals surface area contributed by atoms with E-state index in [9.17, 15) is 4.79 Å². The topological polar surface area (TPSA) is 90.2 Å². The highest BCUT2D eigenvalue weighted by Gasteiger charge is 2.26. The Labute approximate surface area is 164 Å². The van der Waals surface area contributed by atoms with E-state index in [-0.39, 0.29) is 5.82 Å². The highest BCUT2D eigenvalue weighted by Crippen LogP contribution is 2.23. The van der Waals surface area contributed by atoms with Crippen LogP contribution >= 0.6 is 22.6 Å². The molecule has 0 aliphatic heterocycles. The third-order valence-electron chi connectivity index (χ3n) is 4.31. The Morgan fingerprint density at radius 1 is 1.46 bits per heavy atom. The summed E-state index contributed by atoms with van der Waals surface area (Å²) in [5.41, 5.74) is 8.02. The van der Waals surface area contributed by atoms with Crippen LogP contribution in [0, 0.1) is 3.70 Å². The Kier molecular flexibility index (Phi) is 5.25. The number of carbonyl (C=O) groups excluding carboxylic acids is 1. The average molecular weight is 467 g/mol. The summed E-state index contributed by atoms with van der Waals surface area (Å²) in [7, 11) is 3.62. The van der Waals surface area contributed by atoms with Gasteiger partial charge >= 0.3 is 0 Å². The number of nitrogens with two attached hydrogens (primary N) is 1. The Hall–Kier alpha value is -2.43. The molecule has 2 heterocycles. The lowest BCUT2D eigenvalue weighted by molar-refractivity contribution is -0.653. The molecule has 0 saturated carbocycles. The SMILES string of the molecule is CCn1c(CN(C=O)c2nc(I)cnc2N)[n+](C)c2ccc(OC)cc21. The zero-order chi connectivity index (χ0) is 18.8. The number of ether oxygens (including phenoxy) is 1. The van der Waals surface area contributed by atoms with Gasteiger partial charge in [0, 0.05) is 6.07 Å². The Bertz CT molecular complexity index is 972. The third-order valence-corrected chi connectivity index (χ3v) is 4.83. The molecule has 0 spiro atoms. The Balaban J connectivity index is 2.10. The number of aryl methyl sites for hydroxylation is 2. The number of nitrogens with zero attached hydrogens (tertiary/aromatic N) is 5. The predicted octanol–water partition coefficient (Wildman–Crippen LogP) is 1.63. The molecule has 1 aromatic carbocycles. The molecule has 0 fully saturated rings. The molecule has 3 aromatic rings. The molecular weight excluding hydrogens is 447 g/mol. The number of halogens is 1. The molecule has 0 unspecified atom stereocenters. The number of anilines is 2. The molecule has 8 nitrogen and oxygen atoms in total. The average Bonchev–Trinajstić information content (AvgIpc) is 2.92. The molecule has 0 atom stereocenters. The summed E-state index contributed by atoms with van der Waals surface area (Å²) in [5.74, 6) is 2.32. The van der Waals surface area contributed by atoms with Crippen molar-refractivity contribution in [2.75, 3.05) is 17.7 Å². The maximum absolute atomic E-state index is 11.8. The van der Waals surface area contributed by atoms with E-state index in [2.05, 4.69) is 26.0 Å². The van der Waals surface area contributed by atoms with Gasteiger partial charge in [0.2, 0.25) is 6.41 Å².